The standard InChI is InChI=1S/C16H25N5O2/c1-11-17-15(14-16(18-11)23-12(2)19-14)21(8-7-20(3)4)10-13-6-5-9-22-13/h13H,5-10H2,1-4H3/t13-/m0/s1. The van der Waals surface area contributed by atoms with E-state index in [1.54, 1.807) is 0 Å². The van der Waals surface area contributed by atoms with Crippen molar-refractivity contribution < 1.29 is 9.15 Å². The van der Waals surface area contributed by atoms with Gasteiger partial charge in [0, 0.05) is 33.2 Å². The summed E-state index contributed by atoms with van der Waals surface area (Å²) in [5.41, 5.74) is 1.30. The second-order valence-electron chi connectivity index (χ2n) is 6.37. The molecule has 2 aromatic rings. The van der Waals surface area contributed by atoms with Gasteiger partial charge < -0.3 is 19.0 Å². The average Bonchev–Trinajstić information content (AvgIpc) is 3.10. The molecule has 0 spiro atoms. The summed E-state index contributed by atoms with van der Waals surface area (Å²) in [7, 11) is 4.15. The molecule has 0 unspecified atom stereocenters. The van der Waals surface area contributed by atoms with E-state index in [-0.39, 0.29) is 6.10 Å². The Labute approximate surface area is 136 Å². The summed E-state index contributed by atoms with van der Waals surface area (Å²) in [5.74, 6) is 2.17. The van der Waals surface area contributed by atoms with Crippen molar-refractivity contribution in [1.82, 2.24) is 19.9 Å². The van der Waals surface area contributed by atoms with E-state index in [0.29, 0.717) is 17.4 Å². The van der Waals surface area contributed by atoms with E-state index in [1.807, 2.05) is 13.8 Å². The van der Waals surface area contributed by atoms with Crippen molar-refractivity contribution in [3.63, 3.8) is 0 Å². The Bertz CT molecular complexity index is 664. The summed E-state index contributed by atoms with van der Waals surface area (Å²) >= 11 is 0. The zero-order valence-electron chi connectivity index (χ0n) is 14.4. The van der Waals surface area contributed by atoms with Gasteiger partial charge in [0.2, 0.25) is 0 Å². The molecule has 0 radical (unpaired) electrons. The average molecular weight is 319 g/mol. The number of aryl methyl sites for hydroxylation is 2. The van der Waals surface area contributed by atoms with Gasteiger partial charge in [0.25, 0.3) is 5.71 Å². The highest BCUT2D eigenvalue weighted by Gasteiger charge is 2.23. The minimum atomic E-state index is 0.260. The van der Waals surface area contributed by atoms with Crippen LogP contribution in [0.25, 0.3) is 11.2 Å². The molecule has 126 valence electrons. The number of aromatic nitrogens is 3. The molecule has 0 bridgehead atoms. The van der Waals surface area contributed by atoms with Gasteiger partial charge in [-0.1, -0.05) is 0 Å². The Morgan fingerprint density at radius 2 is 1.96 bits per heavy atom. The van der Waals surface area contributed by atoms with Crippen LogP contribution in [0.4, 0.5) is 5.82 Å². The van der Waals surface area contributed by atoms with Gasteiger partial charge in [-0.3, -0.25) is 0 Å². The van der Waals surface area contributed by atoms with Crippen molar-refractivity contribution in [3.05, 3.63) is 11.7 Å². The molecule has 3 rings (SSSR count). The molecule has 7 heteroatoms. The second-order valence-corrected chi connectivity index (χ2v) is 6.37. The van der Waals surface area contributed by atoms with Crippen LogP contribution < -0.4 is 4.90 Å². The van der Waals surface area contributed by atoms with Crippen LogP contribution in [-0.2, 0) is 4.74 Å². The van der Waals surface area contributed by atoms with Gasteiger partial charge in [0.1, 0.15) is 5.82 Å². The fourth-order valence-corrected chi connectivity index (χ4v) is 2.87. The molecular formula is C16H25N5O2. The van der Waals surface area contributed by atoms with Crippen molar-refractivity contribution in [2.75, 3.05) is 45.2 Å². The summed E-state index contributed by atoms with van der Waals surface area (Å²) in [4.78, 5) is 17.9. The van der Waals surface area contributed by atoms with E-state index in [1.165, 1.54) is 0 Å². The number of hydrogen-bond acceptors (Lipinski definition) is 7. The van der Waals surface area contributed by atoms with E-state index in [2.05, 4.69) is 38.8 Å². The Hall–Kier alpha value is -1.73. The highest BCUT2D eigenvalue weighted by molar-refractivity contribution is 5.82. The molecule has 3 heterocycles. The molecule has 23 heavy (non-hydrogen) atoms. The number of nitrogens with zero attached hydrogens (tertiary/aromatic N) is 5. The minimum Gasteiger partial charge on any atom is -0.422 e. The zero-order valence-corrected chi connectivity index (χ0v) is 14.4. The van der Waals surface area contributed by atoms with Crippen LogP contribution in [0.5, 0.6) is 0 Å². The van der Waals surface area contributed by atoms with Gasteiger partial charge >= 0.3 is 0 Å². The highest BCUT2D eigenvalue weighted by atomic mass is 16.5. The van der Waals surface area contributed by atoms with E-state index in [0.717, 1.165) is 50.4 Å². The lowest BCUT2D eigenvalue weighted by atomic mass is 10.2. The third kappa shape index (κ3) is 3.79. The number of anilines is 1. The van der Waals surface area contributed by atoms with Gasteiger partial charge in [-0.15, -0.1) is 0 Å². The van der Waals surface area contributed by atoms with Crippen molar-refractivity contribution in [2.24, 2.45) is 0 Å². The molecular weight excluding hydrogens is 294 g/mol. The molecule has 1 atom stereocenters. The first-order valence-corrected chi connectivity index (χ1v) is 8.16. The van der Waals surface area contributed by atoms with E-state index < -0.39 is 0 Å². The van der Waals surface area contributed by atoms with E-state index in [4.69, 9.17) is 9.15 Å². The fraction of sp³-hybridized carbons (Fsp3) is 0.688. The molecule has 1 fully saturated rings. The van der Waals surface area contributed by atoms with Crippen LogP contribution >= 0.6 is 0 Å². The predicted octanol–water partition coefficient (Wildman–Crippen LogP) is 1.78. The summed E-state index contributed by atoms with van der Waals surface area (Å²) in [6.07, 6.45) is 2.49. The maximum atomic E-state index is 5.82. The highest BCUT2D eigenvalue weighted by Crippen LogP contribution is 2.25. The first-order chi connectivity index (χ1) is 11.0. The Morgan fingerprint density at radius 1 is 1.13 bits per heavy atom. The number of likely N-dealkylation sites (N-methyl/N-ethyl adjacent to an activating group) is 1. The monoisotopic (exact) mass is 319 g/mol. The van der Waals surface area contributed by atoms with Crippen LogP contribution in [0, 0.1) is 13.8 Å². The molecule has 1 saturated heterocycles. The van der Waals surface area contributed by atoms with E-state index >= 15 is 0 Å². The molecule has 0 aromatic carbocycles. The lowest BCUT2D eigenvalue weighted by molar-refractivity contribution is 0.115. The molecule has 0 saturated carbocycles. The third-order valence-electron chi connectivity index (χ3n) is 4.02. The Morgan fingerprint density at radius 3 is 2.65 bits per heavy atom. The van der Waals surface area contributed by atoms with Gasteiger partial charge in [-0.25, -0.2) is 9.97 Å². The first-order valence-electron chi connectivity index (χ1n) is 8.16. The first kappa shape index (κ1) is 16.1. The topological polar surface area (TPSA) is 67.5 Å². The second kappa shape index (κ2) is 6.80. The van der Waals surface area contributed by atoms with Crippen molar-refractivity contribution in [1.29, 1.82) is 0 Å². The summed E-state index contributed by atoms with van der Waals surface area (Å²) in [6.45, 7) is 7.21. The SMILES string of the molecule is Cc1nc(N(CCN(C)C)C[C@@H]2CCCO2)c2nc(C)oc2n1. The van der Waals surface area contributed by atoms with Gasteiger partial charge in [-0.2, -0.15) is 4.98 Å². The van der Waals surface area contributed by atoms with Crippen LogP contribution in [0.2, 0.25) is 0 Å². The summed E-state index contributed by atoms with van der Waals surface area (Å²) < 4.78 is 11.4. The normalized spacial score (nSPS) is 18.2. The number of oxazole rings is 1. The Kier molecular flexibility index (Phi) is 4.77. The van der Waals surface area contributed by atoms with Gasteiger partial charge in [0.05, 0.1) is 6.10 Å². The molecule has 2 aromatic heterocycles. The fourth-order valence-electron chi connectivity index (χ4n) is 2.87. The largest absolute Gasteiger partial charge is 0.422 e. The molecule has 0 aliphatic carbocycles. The lowest BCUT2D eigenvalue weighted by Crippen LogP contribution is -2.38. The van der Waals surface area contributed by atoms with Crippen LogP contribution in [0.1, 0.15) is 24.6 Å². The van der Waals surface area contributed by atoms with Crippen LogP contribution in [0.15, 0.2) is 4.42 Å². The summed E-state index contributed by atoms with van der Waals surface area (Å²) in [6, 6.07) is 0. The molecule has 1 aliphatic rings. The van der Waals surface area contributed by atoms with Crippen molar-refractivity contribution in [3.8, 4) is 0 Å². The molecule has 7 nitrogen and oxygen atoms in total. The van der Waals surface area contributed by atoms with Gasteiger partial charge in [0.15, 0.2) is 17.2 Å². The maximum absolute atomic E-state index is 5.82. The van der Waals surface area contributed by atoms with Crippen molar-refractivity contribution in [2.45, 2.75) is 32.8 Å². The van der Waals surface area contributed by atoms with Gasteiger partial charge in [-0.05, 0) is 33.9 Å². The number of fused-ring (bicyclic) bond motifs is 1. The summed E-state index contributed by atoms with van der Waals surface area (Å²) in [5, 5.41) is 0. The maximum Gasteiger partial charge on any atom is 0.252 e. The predicted molar refractivity (Wildman–Crippen MR) is 88.8 cm³/mol. The molecule has 1 aliphatic heterocycles. The third-order valence-corrected chi connectivity index (χ3v) is 4.02. The molecule has 0 N–H and O–H groups in total. The minimum absolute atomic E-state index is 0.260. The Balaban J connectivity index is 1.93. The van der Waals surface area contributed by atoms with Crippen molar-refractivity contribution >= 4 is 17.0 Å². The lowest BCUT2D eigenvalue weighted by Gasteiger charge is -2.27. The molecule has 0 amide bonds. The quantitative estimate of drug-likeness (QED) is 0.804. The van der Waals surface area contributed by atoms with Crippen LogP contribution in [0.3, 0.4) is 0 Å². The van der Waals surface area contributed by atoms with E-state index in [9.17, 15) is 0 Å². The van der Waals surface area contributed by atoms with Crippen LogP contribution in [-0.4, -0.2) is 66.3 Å². The number of ether oxygens (including phenoxy) is 1. The smallest absolute Gasteiger partial charge is 0.252 e. The number of hydrogen-bond donors (Lipinski definition) is 0. The zero-order chi connectivity index (χ0) is 16.4. The number of rotatable bonds is 6.